The molecule has 26 heavy (non-hydrogen) atoms. The molecule has 6 heteroatoms. The quantitative estimate of drug-likeness (QED) is 0.709. The summed E-state index contributed by atoms with van der Waals surface area (Å²) in [5, 5.41) is 0. The van der Waals surface area contributed by atoms with Gasteiger partial charge < -0.3 is 4.90 Å². The van der Waals surface area contributed by atoms with Gasteiger partial charge in [0.2, 0.25) is 0 Å². The summed E-state index contributed by atoms with van der Waals surface area (Å²) in [5.41, 5.74) is 3.42. The Kier molecular flexibility index (Phi) is 5.31. The van der Waals surface area contributed by atoms with Crippen LogP contribution in [0.3, 0.4) is 0 Å². The first-order valence-corrected chi connectivity index (χ1v) is 8.45. The molecule has 132 valence electrons. The fourth-order valence-corrected chi connectivity index (χ4v) is 2.64. The first-order chi connectivity index (χ1) is 12.5. The van der Waals surface area contributed by atoms with Crippen LogP contribution in [0.25, 0.3) is 11.4 Å². The zero-order chi connectivity index (χ0) is 18.5. The van der Waals surface area contributed by atoms with Gasteiger partial charge in [0, 0.05) is 61.8 Å². The lowest BCUT2D eigenvalue weighted by molar-refractivity contribution is 0.0742. The lowest BCUT2D eigenvalue weighted by atomic mass is 10.1. The Morgan fingerprint density at radius 2 is 1.88 bits per heavy atom. The highest BCUT2D eigenvalue weighted by Crippen LogP contribution is 2.14. The minimum atomic E-state index is -0.108. The van der Waals surface area contributed by atoms with Crippen molar-refractivity contribution in [1.29, 1.82) is 0 Å². The van der Waals surface area contributed by atoms with Crippen molar-refractivity contribution in [2.75, 3.05) is 7.05 Å². The third-order valence-electron chi connectivity index (χ3n) is 4.28. The lowest BCUT2D eigenvalue weighted by Gasteiger charge is -2.24. The monoisotopic (exact) mass is 347 g/mol. The summed E-state index contributed by atoms with van der Waals surface area (Å²) in [4.78, 5) is 31.4. The van der Waals surface area contributed by atoms with E-state index >= 15 is 0 Å². The number of hydrogen-bond acceptors (Lipinski definition) is 5. The van der Waals surface area contributed by atoms with E-state index in [4.69, 9.17) is 0 Å². The van der Waals surface area contributed by atoms with E-state index < -0.39 is 0 Å². The van der Waals surface area contributed by atoms with Crippen molar-refractivity contribution in [2.45, 2.75) is 26.3 Å². The second-order valence-electron chi connectivity index (χ2n) is 6.33. The van der Waals surface area contributed by atoms with Crippen molar-refractivity contribution in [3.05, 3.63) is 72.1 Å². The molecule has 6 nitrogen and oxygen atoms in total. The molecule has 3 aromatic heterocycles. The number of aryl methyl sites for hydroxylation is 1. The Bertz CT molecular complexity index is 880. The van der Waals surface area contributed by atoms with Crippen LogP contribution in [0.2, 0.25) is 0 Å². The Morgan fingerprint density at radius 3 is 2.54 bits per heavy atom. The van der Waals surface area contributed by atoms with E-state index in [1.54, 1.807) is 42.9 Å². The van der Waals surface area contributed by atoms with Gasteiger partial charge in [-0.05, 0) is 43.7 Å². The molecule has 3 aromatic rings. The molecule has 3 rings (SSSR count). The highest BCUT2D eigenvalue weighted by atomic mass is 16.2. The van der Waals surface area contributed by atoms with Crippen LogP contribution < -0.4 is 0 Å². The fraction of sp³-hybridized carbons (Fsp3) is 0.250. The summed E-state index contributed by atoms with van der Waals surface area (Å²) < 4.78 is 0. The molecule has 0 aromatic carbocycles. The number of pyridine rings is 2. The Balaban J connectivity index is 1.69. The van der Waals surface area contributed by atoms with Crippen molar-refractivity contribution in [1.82, 2.24) is 24.8 Å². The van der Waals surface area contributed by atoms with Crippen LogP contribution in [0.4, 0.5) is 0 Å². The molecule has 1 amide bonds. The molecule has 0 radical (unpaired) electrons. The first-order valence-electron chi connectivity index (χ1n) is 8.45. The van der Waals surface area contributed by atoms with Gasteiger partial charge in [-0.3, -0.25) is 14.8 Å². The Hall–Kier alpha value is -3.15. The summed E-state index contributed by atoms with van der Waals surface area (Å²) in [6.45, 7) is 4.04. The van der Waals surface area contributed by atoms with Gasteiger partial charge in [-0.2, -0.15) is 0 Å². The van der Waals surface area contributed by atoms with E-state index in [1.165, 1.54) is 0 Å². The molecule has 0 saturated heterocycles. The van der Waals surface area contributed by atoms with E-state index in [0.717, 1.165) is 16.8 Å². The average molecular weight is 347 g/mol. The highest BCUT2D eigenvalue weighted by molar-refractivity contribution is 5.93. The number of carbonyl (C=O) groups excluding carboxylic acids is 1. The minimum Gasteiger partial charge on any atom is -0.339 e. The second kappa shape index (κ2) is 7.82. The van der Waals surface area contributed by atoms with Gasteiger partial charge in [0.05, 0.1) is 5.56 Å². The van der Waals surface area contributed by atoms with Crippen molar-refractivity contribution < 1.29 is 4.79 Å². The summed E-state index contributed by atoms with van der Waals surface area (Å²) >= 11 is 0. The van der Waals surface area contributed by atoms with Crippen molar-refractivity contribution in [3.8, 4) is 11.4 Å². The minimum absolute atomic E-state index is 0.00907. The number of hydrogen-bond donors (Lipinski definition) is 0. The van der Waals surface area contributed by atoms with E-state index in [9.17, 15) is 4.79 Å². The smallest absolute Gasteiger partial charge is 0.256 e. The van der Waals surface area contributed by atoms with Crippen LogP contribution in [0, 0.1) is 6.92 Å². The van der Waals surface area contributed by atoms with E-state index in [2.05, 4.69) is 19.9 Å². The SMILES string of the molecule is Cc1ccnc(C[C@H](C)N(C)C(=O)c2cnc(-c3cccnc3)nc2)c1. The number of carbonyl (C=O) groups is 1. The van der Waals surface area contributed by atoms with Crippen LogP contribution in [0.5, 0.6) is 0 Å². The van der Waals surface area contributed by atoms with E-state index in [1.807, 2.05) is 38.1 Å². The topological polar surface area (TPSA) is 71.9 Å². The number of aromatic nitrogens is 4. The fourth-order valence-electron chi connectivity index (χ4n) is 2.64. The normalized spacial score (nSPS) is 11.8. The van der Waals surface area contributed by atoms with Gasteiger partial charge in [-0.15, -0.1) is 0 Å². The van der Waals surface area contributed by atoms with E-state index in [-0.39, 0.29) is 11.9 Å². The largest absolute Gasteiger partial charge is 0.339 e. The lowest BCUT2D eigenvalue weighted by Crippen LogP contribution is -2.36. The van der Waals surface area contributed by atoms with Gasteiger partial charge >= 0.3 is 0 Å². The Morgan fingerprint density at radius 1 is 1.12 bits per heavy atom. The maximum absolute atomic E-state index is 12.7. The molecule has 0 spiro atoms. The molecule has 0 aliphatic heterocycles. The first kappa shape index (κ1) is 17.7. The molecule has 0 aliphatic carbocycles. The molecular formula is C20H21N5O. The van der Waals surface area contributed by atoms with Gasteiger partial charge in [0.15, 0.2) is 5.82 Å². The third-order valence-corrected chi connectivity index (χ3v) is 4.28. The van der Waals surface area contributed by atoms with E-state index in [0.29, 0.717) is 17.8 Å². The number of likely N-dealkylation sites (N-methyl/N-ethyl adjacent to an activating group) is 1. The highest BCUT2D eigenvalue weighted by Gasteiger charge is 2.19. The second-order valence-corrected chi connectivity index (χ2v) is 6.33. The Labute approximate surface area is 153 Å². The number of nitrogens with zero attached hydrogens (tertiary/aromatic N) is 5. The summed E-state index contributed by atoms with van der Waals surface area (Å²) in [6, 6.07) is 7.72. The van der Waals surface area contributed by atoms with Gasteiger partial charge in [-0.1, -0.05) is 0 Å². The van der Waals surface area contributed by atoms with Crippen LogP contribution >= 0.6 is 0 Å². The predicted molar refractivity (Wildman–Crippen MR) is 99.5 cm³/mol. The van der Waals surface area contributed by atoms with Gasteiger partial charge in [0.25, 0.3) is 5.91 Å². The predicted octanol–water partition coefficient (Wildman–Crippen LogP) is 2.95. The summed E-state index contributed by atoms with van der Waals surface area (Å²) in [6.07, 6.45) is 9.00. The van der Waals surface area contributed by atoms with Crippen LogP contribution in [-0.2, 0) is 6.42 Å². The molecule has 1 atom stereocenters. The number of amides is 1. The van der Waals surface area contributed by atoms with Crippen molar-refractivity contribution >= 4 is 5.91 Å². The summed E-state index contributed by atoms with van der Waals surface area (Å²) in [5.74, 6) is 0.442. The zero-order valence-corrected chi connectivity index (χ0v) is 15.1. The molecule has 0 unspecified atom stereocenters. The third kappa shape index (κ3) is 4.08. The average Bonchev–Trinajstić information content (AvgIpc) is 2.67. The molecule has 3 heterocycles. The van der Waals surface area contributed by atoms with Crippen molar-refractivity contribution in [2.24, 2.45) is 0 Å². The number of rotatable bonds is 5. The van der Waals surface area contributed by atoms with Crippen molar-refractivity contribution in [3.63, 3.8) is 0 Å². The molecular weight excluding hydrogens is 326 g/mol. The van der Waals surface area contributed by atoms with Gasteiger partial charge in [-0.25, -0.2) is 9.97 Å². The molecule has 0 N–H and O–H groups in total. The standard InChI is InChI=1S/C20H21N5O/c1-14-6-8-22-18(9-14)10-15(2)25(3)20(26)17-12-23-19(24-13-17)16-5-4-7-21-11-16/h4-9,11-13,15H,10H2,1-3H3/t15-/m0/s1. The molecule has 0 aliphatic rings. The zero-order valence-electron chi connectivity index (χ0n) is 15.1. The molecule has 0 saturated carbocycles. The molecule has 0 bridgehead atoms. The molecule has 0 fully saturated rings. The summed E-state index contributed by atoms with van der Waals surface area (Å²) in [7, 11) is 1.79. The maximum atomic E-state index is 12.7. The van der Waals surface area contributed by atoms with Crippen LogP contribution in [0.15, 0.2) is 55.2 Å². The van der Waals surface area contributed by atoms with Crippen LogP contribution in [-0.4, -0.2) is 43.8 Å². The maximum Gasteiger partial charge on any atom is 0.256 e. The van der Waals surface area contributed by atoms with Crippen LogP contribution in [0.1, 0.15) is 28.5 Å². The van der Waals surface area contributed by atoms with Gasteiger partial charge in [0.1, 0.15) is 0 Å².